The molecule has 1 atom stereocenters. The summed E-state index contributed by atoms with van der Waals surface area (Å²) in [5, 5.41) is 0. The highest BCUT2D eigenvalue weighted by Gasteiger charge is 2.25. The van der Waals surface area contributed by atoms with E-state index in [0.29, 0.717) is 22.6 Å². The first kappa shape index (κ1) is 17.8. The number of hydrogen-bond donors (Lipinski definition) is 0. The Bertz CT molecular complexity index is 685. The van der Waals surface area contributed by atoms with Crippen molar-refractivity contribution in [2.24, 2.45) is 0 Å². The summed E-state index contributed by atoms with van der Waals surface area (Å²) in [5.74, 6) is 1.05. The summed E-state index contributed by atoms with van der Waals surface area (Å²) in [6, 6.07) is 15.6. The van der Waals surface area contributed by atoms with E-state index < -0.39 is 6.80 Å². The van der Waals surface area contributed by atoms with E-state index in [4.69, 9.17) is 9.05 Å². The Morgan fingerprint density at radius 2 is 1.65 bits per heavy atom. The Labute approximate surface area is 140 Å². The molecule has 0 bridgehead atoms. The van der Waals surface area contributed by atoms with Gasteiger partial charge in [0.1, 0.15) is 5.75 Å². The van der Waals surface area contributed by atoms with Crippen LogP contribution < -0.4 is 4.52 Å². The second-order valence-electron chi connectivity index (χ2n) is 4.77. The SMILES string of the molecule is CCCSP(=O)(OC)Oc1ccc(C(=O)c2ccccc2)cc1. The molecule has 0 aliphatic heterocycles. The zero-order chi connectivity index (χ0) is 16.7. The van der Waals surface area contributed by atoms with Gasteiger partial charge in [-0.3, -0.25) is 9.32 Å². The zero-order valence-corrected chi connectivity index (χ0v) is 14.8. The summed E-state index contributed by atoms with van der Waals surface area (Å²) in [7, 11) is 1.37. The number of carbonyl (C=O) groups is 1. The largest absolute Gasteiger partial charge is 0.439 e. The molecule has 2 aromatic rings. The van der Waals surface area contributed by atoms with Crippen molar-refractivity contribution in [3.8, 4) is 5.75 Å². The molecule has 0 saturated carbocycles. The average Bonchev–Trinajstić information content (AvgIpc) is 2.61. The summed E-state index contributed by atoms with van der Waals surface area (Å²) in [6.45, 7) is -1.21. The van der Waals surface area contributed by atoms with Crippen molar-refractivity contribution in [3.05, 3.63) is 65.7 Å². The molecule has 23 heavy (non-hydrogen) atoms. The van der Waals surface area contributed by atoms with Crippen molar-refractivity contribution < 1.29 is 18.4 Å². The molecule has 2 rings (SSSR count). The van der Waals surface area contributed by atoms with Crippen LogP contribution in [0.2, 0.25) is 0 Å². The minimum atomic E-state index is -3.20. The van der Waals surface area contributed by atoms with Gasteiger partial charge in [-0.1, -0.05) is 37.3 Å². The van der Waals surface area contributed by atoms with E-state index in [9.17, 15) is 9.36 Å². The van der Waals surface area contributed by atoms with Crippen molar-refractivity contribution in [1.82, 2.24) is 0 Å². The second-order valence-corrected chi connectivity index (χ2v) is 9.00. The Balaban J connectivity index is 2.10. The lowest BCUT2D eigenvalue weighted by Crippen LogP contribution is -2.01. The van der Waals surface area contributed by atoms with Crippen LogP contribution in [0.3, 0.4) is 0 Å². The van der Waals surface area contributed by atoms with Crippen molar-refractivity contribution in [2.75, 3.05) is 12.9 Å². The third-order valence-electron chi connectivity index (χ3n) is 3.05. The third-order valence-corrected chi connectivity index (χ3v) is 7.00. The van der Waals surface area contributed by atoms with Gasteiger partial charge < -0.3 is 4.52 Å². The fourth-order valence-electron chi connectivity index (χ4n) is 1.87. The van der Waals surface area contributed by atoms with Gasteiger partial charge in [-0.25, -0.2) is 4.57 Å². The van der Waals surface area contributed by atoms with E-state index in [1.54, 1.807) is 36.4 Å². The summed E-state index contributed by atoms with van der Waals surface area (Å²) >= 11 is 1.17. The molecule has 0 spiro atoms. The summed E-state index contributed by atoms with van der Waals surface area (Å²) in [6.07, 6.45) is 0.881. The number of carbonyl (C=O) groups excluding carboxylic acids is 1. The molecule has 122 valence electrons. The maximum atomic E-state index is 12.4. The molecule has 0 aromatic heterocycles. The lowest BCUT2D eigenvalue weighted by atomic mass is 10.0. The fraction of sp³-hybridized carbons (Fsp3) is 0.235. The quantitative estimate of drug-likeness (QED) is 0.484. The maximum absolute atomic E-state index is 12.4. The number of hydrogen-bond acceptors (Lipinski definition) is 5. The van der Waals surface area contributed by atoms with Crippen LogP contribution in [0.25, 0.3) is 0 Å². The van der Waals surface area contributed by atoms with Gasteiger partial charge in [0.05, 0.1) is 0 Å². The van der Waals surface area contributed by atoms with Crippen LogP contribution in [0.5, 0.6) is 5.75 Å². The van der Waals surface area contributed by atoms with Crippen LogP contribution in [0, 0.1) is 0 Å². The smallest absolute Gasteiger partial charge is 0.417 e. The Morgan fingerprint density at radius 3 is 2.22 bits per heavy atom. The monoisotopic (exact) mass is 350 g/mol. The molecule has 2 aromatic carbocycles. The molecule has 0 N–H and O–H groups in total. The van der Waals surface area contributed by atoms with Crippen LogP contribution in [0.4, 0.5) is 0 Å². The average molecular weight is 350 g/mol. The molecule has 0 fully saturated rings. The topological polar surface area (TPSA) is 52.6 Å². The van der Waals surface area contributed by atoms with Crippen molar-refractivity contribution >= 4 is 24.0 Å². The fourth-order valence-corrected chi connectivity index (χ4v) is 4.84. The van der Waals surface area contributed by atoms with E-state index in [-0.39, 0.29) is 5.78 Å². The molecule has 0 radical (unpaired) electrons. The third kappa shape index (κ3) is 4.96. The van der Waals surface area contributed by atoms with Crippen LogP contribution in [-0.4, -0.2) is 18.6 Å². The van der Waals surface area contributed by atoms with E-state index >= 15 is 0 Å². The van der Waals surface area contributed by atoms with Gasteiger partial charge in [0.25, 0.3) is 0 Å². The molecule has 4 nitrogen and oxygen atoms in total. The molecule has 0 aliphatic carbocycles. The first-order valence-corrected chi connectivity index (χ1v) is 10.4. The van der Waals surface area contributed by atoms with Gasteiger partial charge in [-0.05, 0) is 42.1 Å². The highest BCUT2D eigenvalue weighted by atomic mass is 32.7. The van der Waals surface area contributed by atoms with Gasteiger partial charge in [0.15, 0.2) is 5.78 Å². The first-order chi connectivity index (χ1) is 11.1. The first-order valence-electron chi connectivity index (χ1n) is 7.27. The predicted molar refractivity (Wildman–Crippen MR) is 94.3 cm³/mol. The molecule has 6 heteroatoms. The minimum absolute atomic E-state index is 0.0626. The standard InChI is InChI=1S/C17H19O4PS/c1-3-13-23-22(19,20-2)21-16-11-9-15(10-12-16)17(18)14-7-5-4-6-8-14/h4-12H,3,13H2,1-2H3. The number of ketones is 1. The maximum Gasteiger partial charge on any atom is 0.439 e. The van der Waals surface area contributed by atoms with Crippen LogP contribution >= 0.6 is 18.2 Å². The van der Waals surface area contributed by atoms with Crippen molar-refractivity contribution in [1.29, 1.82) is 0 Å². The molecular weight excluding hydrogens is 331 g/mol. The minimum Gasteiger partial charge on any atom is -0.417 e. The highest BCUT2D eigenvalue weighted by molar-refractivity contribution is 8.55. The highest BCUT2D eigenvalue weighted by Crippen LogP contribution is 2.59. The lowest BCUT2D eigenvalue weighted by Gasteiger charge is -2.16. The van der Waals surface area contributed by atoms with Gasteiger partial charge in [0.2, 0.25) is 0 Å². The van der Waals surface area contributed by atoms with Gasteiger partial charge in [-0.2, -0.15) is 0 Å². The van der Waals surface area contributed by atoms with Gasteiger partial charge in [-0.15, -0.1) is 0 Å². The molecule has 0 saturated heterocycles. The second kappa shape index (κ2) is 8.34. The van der Waals surface area contributed by atoms with Gasteiger partial charge >= 0.3 is 6.80 Å². The van der Waals surface area contributed by atoms with E-state index in [2.05, 4.69) is 0 Å². The Kier molecular flexibility index (Phi) is 6.46. The van der Waals surface area contributed by atoms with Crippen LogP contribution in [0.15, 0.2) is 54.6 Å². The van der Waals surface area contributed by atoms with Crippen LogP contribution in [-0.2, 0) is 9.09 Å². The summed E-state index contributed by atoms with van der Waals surface area (Å²) < 4.78 is 22.9. The van der Waals surface area contributed by atoms with Gasteiger partial charge in [0, 0.05) is 24.0 Å². The lowest BCUT2D eigenvalue weighted by molar-refractivity contribution is 0.103. The number of rotatable bonds is 8. The molecule has 0 heterocycles. The summed E-state index contributed by atoms with van der Waals surface area (Å²) in [5.41, 5.74) is 1.18. The van der Waals surface area contributed by atoms with Crippen LogP contribution in [0.1, 0.15) is 29.3 Å². The van der Waals surface area contributed by atoms with E-state index in [1.807, 2.05) is 25.1 Å². The van der Waals surface area contributed by atoms with Crippen molar-refractivity contribution in [3.63, 3.8) is 0 Å². The van der Waals surface area contributed by atoms with Crippen molar-refractivity contribution in [2.45, 2.75) is 13.3 Å². The molecule has 0 amide bonds. The predicted octanol–water partition coefficient (Wildman–Crippen LogP) is 5.19. The summed E-state index contributed by atoms with van der Waals surface area (Å²) in [4.78, 5) is 12.3. The molecule has 1 unspecified atom stereocenters. The zero-order valence-electron chi connectivity index (χ0n) is 13.1. The number of benzene rings is 2. The molecule has 0 aliphatic rings. The Morgan fingerprint density at radius 1 is 1.04 bits per heavy atom. The molecular formula is C17H19O4PS. The Hall–Kier alpha value is -1.55. The van der Waals surface area contributed by atoms with E-state index in [1.165, 1.54) is 18.5 Å². The van der Waals surface area contributed by atoms with E-state index in [0.717, 1.165) is 6.42 Å². The normalized spacial score (nSPS) is 13.3.